The van der Waals surface area contributed by atoms with E-state index in [4.69, 9.17) is 9.47 Å². The van der Waals surface area contributed by atoms with Gasteiger partial charge in [-0.2, -0.15) is 0 Å². The highest BCUT2D eigenvalue weighted by Gasteiger charge is 2.27. The minimum atomic E-state index is -0.0544. The van der Waals surface area contributed by atoms with Gasteiger partial charge in [-0.1, -0.05) is 30.3 Å². The van der Waals surface area contributed by atoms with Crippen LogP contribution in [-0.4, -0.2) is 25.6 Å². The van der Waals surface area contributed by atoms with E-state index in [1.807, 2.05) is 30.3 Å². The zero-order valence-corrected chi connectivity index (χ0v) is 9.17. The van der Waals surface area contributed by atoms with Crippen LogP contribution in [0.4, 0.5) is 0 Å². The number of hydrogen-bond acceptors (Lipinski definition) is 3. The molecule has 0 aromatic heterocycles. The van der Waals surface area contributed by atoms with Crippen LogP contribution in [0, 0.1) is 5.92 Å². The van der Waals surface area contributed by atoms with Gasteiger partial charge in [0.15, 0.2) is 0 Å². The number of carbonyl (C=O) groups is 1. The number of carbonyl (C=O) groups excluding carboxylic acids is 1. The minimum absolute atomic E-state index is 0.00998. The van der Waals surface area contributed by atoms with Crippen molar-refractivity contribution in [1.82, 2.24) is 0 Å². The zero-order chi connectivity index (χ0) is 11.2. The van der Waals surface area contributed by atoms with Gasteiger partial charge < -0.3 is 14.3 Å². The van der Waals surface area contributed by atoms with E-state index in [-0.39, 0.29) is 12.0 Å². The smallest absolute Gasteiger partial charge is 0.125 e. The molecule has 2 rings (SSSR count). The molecule has 0 amide bonds. The van der Waals surface area contributed by atoms with Crippen molar-refractivity contribution in [2.45, 2.75) is 19.1 Å². The predicted octanol–water partition coefficient (Wildman–Crippen LogP) is 1.81. The van der Waals surface area contributed by atoms with Crippen LogP contribution in [0.2, 0.25) is 0 Å². The normalized spacial score (nSPS) is 24.5. The third-order valence-corrected chi connectivity index (χ3v) is 2.83. The van der Waals surface area contributed by atoms with E-state index in [9.17, 15) is 4.79 Å². The second kappa shape index (κ2) is 5.77. The van der Waals surface area contributed by atoms with Gasteiger partial charge in [0.1, 0.15) is 6.29 Å². The zero-order valence-electron chi connectivity index (χ0n) is 9.17. The molecular formula is C13H16O3. The van der Waals surface area contributed by atoms with E-state index in [1.165, 1.54) is 0 Å². The standard InChI is InChI=1S/C13H16O3/c14-8-12-6-7-16-13(12)10-15-9-11-4-2-1-3-5-11/h1-5,8,12-13H,6-7,9-10H2/t12-,13-/m0/s1. The Kier molecular flexibility index (Phi) is 4.08. The maximum Gasteiger partial charge on any atom is 0.125 e. The number of benzene rings is 1. The van der Waals surface area contributed by atoms with E-state index in [2.05, 4.69) is 0 Å². The fourth-order valence-corrected chi connectivity index (χ4v) is 1.86. The molecule has 86 valence electrons. The van der Waals surface area contributed by atoms with Crippen LogP contribution in [0.5, 0.6) is 0 Å². The van der Waals surface area contributed by atoms with Gasteiger partial charge in [0.05, 0.1) is 19.3 Å². The summed E-state index contributed by atoms with van der Waals surface area (Å²) in [6, 6.07) is 9.99. The van der Waals surface area contributed by atoms with Crippen LogP contribution in [-0.2, 0) is 20.9 Å². The van der Waals surface area contributed by atoms with Gasteiger partial charge >= 0.3 is 0 Å². The molecule has 0 bridgehead atoms. The molecule has 0 saturated carbocycles. The van der Waals surface area contributed by atoms with Crippen molar-refractivity contribution in [3.05, 3.63) is 35.9 Å². The quantitative estimate of drug-likeness (QED) is 0.710. The molecule has 0 aliphatic carbocycles. The average Bonchev–Trinajstić information content (AvgIpc) is 2.78. The molecular weight excluding hydrogens is 204 g/mol. The monoisotopic (exact) mass is 220 g/mol. The van der Waals surface area contributed by atoms with Crippen LogP contribution >= 0.6 is 0 Å². The van der Waals surface area contributed by atoms with Crippen molar-refractivity contribution in [3.8, 4) is 0 Å². The minimum Gasteiger partial charge on any atom is -0.375 e. The second-order valence-electron chi connectivity index (χ2n) is 4.00. The lowest BCUT2D eigenvalue weighted by atomic mass is 10.0. The van der Waals surface area contributed by atoms with E-state index < -0.39 is 0 Å². The molecule has 0 unspecified atom stereocenters. The lowest BCUT2D eigenvalue weighted by Crippen LogP contribution is -2.23. The van der Waals surface area contributed by atoms with Gasteiger partial charge in [0.2, 0.25) is 0 Å². The summed E-state index contributed by atoms with van der Waals surface area (Å²) in [7, 11) is 0. The van der Waals surface area contributed by atoms with Crippen LogP contribution in [0.1, 0.15) is 12.0 Å². The summed E-state index contributed by atoms with van der Waals surface area (Å²) in [5.41, 5.74) is 1.14. The third-order valence-electron chi connectivity index (χ3n) is 2.83. The maximum atomic E-state index is 10.7. The maximum absolute atomic E-state index is 10.7. The Balaban J connectivity index is 1.74. The first-order valence-corrected chi connectivity index (χ1v) is 5.58. The van der Waals surface area contributed by atoms with Gasteiger partial charge in [0.25, 0.3) is 0 Å². The molecule has 1 fully saturated rings. The van der Waals surface area contributed by atoms with Crippen molar-refractivity contribution < 1.29 is 14.3 Å². The molecule has 1 aromatic carbocycles. The topological polar surface area (TPSA) is 35.5 Å². The van der Waals surface area contributed by atoms with E-state index in [0.29, 0.717) is 19.8 Å². The highest BCUT2D eigenvalue weighted by molar-refractivity contribution is 5.54. The molecule has 0 N–H and O–H groups in total. The van der Waals surface area contributed by atoms with Crippen molar-refractivity contribution in [2.75, 3.05) is 13.2 Å². The van der Waals surface area contributed by atoms with E-state index in [1.54, 1.807) is 0 Å². The van der Waals surface area contributed by atoms with Crippen LogP contribution in [0.3, 0.4) is 0 Å². The third kappa shape index (κ3) is 2.90. The van der Waals surface area contributed by atoms with Crippen LogP contribution in [0.15, 0.2) is 30.3 Å². The summed E-state index contributed by atoms with van der Waals surface area (Å²) in [5.74, 6) is 0.00998. The van der Waals surface area contributed by atoms with Crippen LogP contribution in [0.25, 0.3) is 0 Å². The summed E-state index contributed by atoms with van der Waals surface area (Å²) >= 11 is 0. The Morgan fingerprint density at radius 2 is 2.19 bits per heavy atom. The molecule has 0 radical (unpaired) electrons. The lowest BCUT2D eigenvalue weighted by Gasteiger charge is -2.13. The molecule has 3 nitrogen and oxygen atoms in total. The molecule has 1 saturated heterocycles. The SMILES string of the molecule is O=C[C@@H]1CCO[C@H]1COCc1ccccc1. The Bertz CT molecular complexity index is 323. The Morgan fingerprint density at radius 1 is 1.38 bits per heavy atom. The Labute approximate surface area is 95.4 Å². The Morgan fingerprint density at radius 3 is 2.94 bits per heavy atom. The van der Waals surface area contributed by atoms with E-state index in [0.717, 1.165) is 18.3 Å². The molecule has 1 heterocycles. The van der Waals surface area contributed by atoms with Crippen LogP contribution < -0.4 is 0 Å². The van der Waals surface area contributed by atoms with Gasteiger partial charge in [-0.15, -0.1) is 0 Å². The molecule has 2 atom stereocenters. The van der Waals surface area contributed by atoms with Crippen molar-refractivity contribution in [3.63, 3.8) is 0 Å². The first-order chi connectivity index (χ1) is 7.90. The van der Waals surface area contributed by atoms with Crippen molar-refractivity contribution in [1.29, 1.82) is 0 Å². The first kappa shape index (κ1) is 11.3. The molecule has 0 spiro atoms. The highest BCUT2D eigenvalue weighted by Crippen LogP contribution is 2.19. The van der Waals surface area contributed by atoms with E-state index >= 15 is 0 Å². The second-order valence-corrected chi connectivity index (χ2v) is 4.00. The lowest BCUT2D eigenvalue weighted by molar-refractivity contribution is -0.113. The fraction of sp³-hybridized carbons (Fsp3) is 0.462. The fourth-order valence-electron chi connectivity index (χ4n) is 1.86. The summed E-state index contributed by atoms with van der Waals surface area (Å²) < 4.78 is 11.0. The van der Waals surface area contributed by atoms with Crippen molar-refractivity contribution in [2.24, 2.45) is 5.92 Å². The average molecular weight is 220 g/mol. The highest BCUT2D eigenvalue weighted by atomic mass is 16.5. The summed E-state index contributed by atoms with van der Waals surface area (Å²) in [6.07, 6.45) is 1.74. The Hall–Kier alpha value is -1.19. The van der Waals surface area contributed by atoms with Gasteiger partial charge in [-0.3, -0.25) is 0 Å². The summed E-state index contributed by atoms with van der Waals surface area (Å²) in [6.45, 7) is 1.74. The molecule has 1 aliphatic heterocycles. The largest absolute Gasteiger partial charge is 0.375 e. The molecule has 1 aromatic rings. The van der Waals surface area contributed by atoms with Gasteiger partial charge in [-0.25, -0.2) is 0 Å². The molecule has 16 heavy (non-hydrogen) atoms. The number of aldehydes is 1. The first-order valence-electron chi connectivity index (χ1n) is 5.58. The molecule has 1 aliphatic rings. The van der Waals surface area contributed by atoms with Gasteiger partial charge in [0, 0.05) is 12.5 Å². The number of hydrogen-bond donors (Lipinski definition) is 0. The summed E-state index contributed by atoms with van der Waals surface area (Å²) in [4.78, 5) is 10.7. The molecule has 3 heteroatoms. The predicted molar refractivity (Wildman–Crippen MR) is 60.0 cm³/mol. The van der Waals surface area contributed by atoms with Gasteiger partial charge in [-0.05, 0) is 12.0 Å². The van der Waals surface area contributed by atoms with Crippen molar-refractivity contribution >= 4 is 6.29 Å². The number of ether oxygens (including phenoxy) is 2. The summed E-state index contributed by atoms with van der Waals surface area (Å²) in [5, 5.41) is 0. The number of rotatable bonds is 5.